The van der Waals surface area contributed by atoms with E-state index in [1.807, 2.05) is 80.6 Å². The highest BCUT2D eigenvalue weighted by Gasteiger charge is 2.51. The molecule has 0 aromatic heterocycles. The van der Waals surface area contributed by atoms with Gasteiger partial charge in [0.2, 0.25) is 0 Å². The summed E-state index contributed by atoms with van der Waals surface area (Å²) in [6, 6.07) is 30.6. The Labute approximate surface area is 223 Å². The van der Waals surface area contributed by atoms with Gasteiger partial charge in [-0.1, -0.05) is 112 Å². The largest absolute Gasteiger partial charge is 0.449 e. The van der Waals surface area contributed by atoms with Gasteiger partial charge >= 0.3 is 6.09 Å². The third-order valence-electron chi connectivity index (χ3n) is 6.68. The standard InChI is InChI=1S/C31H41NO4Si/c1-25(2)32(23-26-15-9-6-10-16-26)30(34)35-22-21-27(24-33)36-37(31(3,4)5,28-17-11-7-12-18-28)29-19-13-8-14-20-29/h6-20,25,27,33H,21-24H2,1-5H3/t27-/m0/s1. The summed E-state index contributed by atoms with van der Waals surface area (Å²) in [5.74, 6) is 0. The van der Waals surface area contributed by atoms with Crippen LogP contribution in [0.15, 0.2) is 91.0 Å². The summed E-state index contributed by atoms with van der Waals surface area (Å²) in [6.45, 7) is 11.1. The Morgan fingerprint density at radius 3 is 1.78 bits per heavy atom. The van der Waals surface area contributed by atoms with Crippen LogP contribution in [-0.4, -0.2) is 49.8 Å². The van der Waals surface area contributed by atoms with Crippen LogP contribution in [-0.2, 0) is 15.7 Å². The summed E-state index contributed by atoms with van der Waals surface area (Å²) in [5.41, 5.74) is 1.05. The molecular weight excluding hydrogens is 478 g/mol. The molecule has 0 aliphatic heterocycles. The van der Waals surface area contributed by atoms with Gasteiger partial charge in [-0.05, 0) is 34.8 Å². The van der Waals surface area contributed by atoms with Gasteiger partial charge in [0.25, 0.3) is 8.32 Å². The first-order valence-electron chi connectivity index (χ1n) is 13.1. The summed E-state index contributed by atoms with van der Waals surface area (Å²) in [5, 5.41) is 12.5. The van der Waals surface area contributed by atoms with E-state index in [0.717, 1.165) is 15.9 Å². The van der Waals surface area contributed by atoms with Crippen molar-refractivity contribution in [2.24, 2.45) is 0 Å². The number of carbonyl (C=O) groups is 1. The SMILES string of the molecule is CC(C)N(Cc1ccccc1)C(=O)OCC[C@@H](CO)O[Si](c1ccccc1)(c1ccccc1)C(C)(C)C. The fourth-order valence-corrected chi connectivity index (χ4v) is 9.43. The highest BCUT2D eigenvalue weighted by Crippen LogP contribution is 2.37. The maximum Gasteiger partial charge on any atom is 0.410 e. The molecule has 198 valence electrons. The topological polar surface area (TPSA) is 59.0 Å². The smallest absolute Gasteiger partial charge is 0.410 e. The highest BCUT2D eigenvalue weighted by molar-refractivity contribution is 6.99. The molecule has 0 fully saturated rings. The van der Waals surface area contributed by atoms with E-state index in [4.69, 9.17) is 9.16 Å². The first-order valence-corrected chi connectivity index (χ1v) is 15.0. The van der Waals surface area contributed by atoms with Crippen molar-refractivity contribution in [1.29, 1.82) is 0 Å². The van der Waals surface area contributed by atoms with Crippen LogP contribution in [0.4, 0.5) is 4.79 Å². The molecule has 37 heavy (non-hydrogen) atoms. The number of aliphatic hydroxyl groups is 1. The summed E-state index contributed by atoms with van der Waals surface area (Å²) in [7, 11) is -2.81. The van der Waals surface area contributed by atoms with Crippen molar-refractivity contribution >= 4 is 24.8 Å². The Morgan fingerprint density at radius 2 is 1.35 bits per heavy atom. The number of nitrogens with zero attached hydrogens (tertiary/aromatic N) is 1. The predicted octanol–water partition coefficient (Wildman–Crippen LogP) is 5.36. The van der Waals surface area contributed by atoms with Crippen molar-refractivity contribution in [3.63, 3.8) is 0 Å². The Kier molecular flexibility index (Phi) is 10.1. The molecule has 0 heterocycles. The van der Waals surface area contributed by atoms with Crippen molar-refractivity contribution < 1.29 is 19.1 Å². The van der Waals surface area contributed by atoms with Crippen molar-refractivity contribution in [1.82, 2.24) is 4.90 Å². The molecule has 0 spiro atoms. The minimum Gasteiger partial charge on any atom is -0.449 e. The maximum atomic E-state index is 13.0. The summed E-state index contributed by atoms with van der Waals surface area (Å²) < 4.78 is 12.7. The van der Waals surface area contributed by atoms with Gasteiger partial charge in [-0.15, -0.1) is 0 Å². The Balaban J connectivity index is 1.78. The van der Waals surface area contributed by atoms with E-state index >= 15 is 0 Å². The predicted molar refractivity (Wildman–Crippen MR) is 153 cm³/mol. The number of ether oxygens (including phenoxy) is 1. The molecule has 0 bridgehead atoms. The molecule has 0 radical (unpaired) electrons. The van der Waals surface area contributed by atoms with E-state index in [1.165, 1.54) is 0 Å². The molecule has 0 saturated carbocycles. The lowest BCUT2D eigenvalue weighted by atomic mass is 10.2. The second-order valence-electron chi connectivity index (χ2n) is 10.7. The average molecular weight is 520 g/mol. The van der Waals surface area contributed by atoms with E-state index in [0.29, 0.717) is 13.0 Å². The zero-order chi connectivity index (χ0) is 26.9. The van der Waals surface area contributed by atoms with Crippen LogP contribution < -0.4 is 10.4 Å². The van der Waals surface area contributed by atoms with Crippen molar-refractivity contribution in [3.8, 4) is 0 Å². The molecule has 3 rings (SSSR count). The molecule has 0 aliphatic rings. The van der Waals surface area contributed by atoms with Crippen LogP contribution in [0.25, 0.3) is 0 Å². The number of benzene rings is 3. The molecule has 0 saturated heterocycles. The van der Waals surface area contributed by atoms with Gasteiger partial charge in [0.1, 0.15) is 0 Å². The van der Waals surface area contributed by atoms with Gasteiger partial charge in [-0.2, -0.15) is 0 Å². The van der Waals surface area contributed by atoms with Crippen LogP contribution in [0.1, 0.15) is 46.6 Å². The monoisotopic (exact) mass is 519 g/mol. The molecule has 1 N–H and O–H groups in total. The lowest BCUT2D eigenvalue weighted by Gasteiger charge is -2.45. The van der Waals surface area contributed by atoms with E-state index in [1.54, 1.807) is 4.90 Å². The van der Waals surface area contributed by atoms with Gasteiger partial charge in [0.05, 0.1) is 19.3 Å². The van der Waals surface area contributed by atoms with Gasteiger partial charge in [-0.3, -0.25) is 0 Å². The molecule has 3 aromatic carbocycles. The second kappa shape index (κ2) is 13.0. The Bertz CT molecular complexity index is 1040. The molecule has 5 nitrogen and oxygen atoms in total. The molecule has 0 aliphatic carbocycles. The van der Waals surface area contributed by atoms with Gasteiger partial charge < -0.3 is 19.2 Å². The van der Waals surface area contributed by atoms with Gasteiger partial charge in [0.15, 0.2) is 0 Å². The third-order valence-corrected chi connectivity index (χ3v) is 11.8. The highest BCUT2D eigenvalue weighted by atomic mass is 28.4. The normalized spacial score (nSPS) is 12.8. The number of hydrogen-bond acceptors (Lipinski definition) is 4. The molecule has 0 unspecified atom stereocenters. The lowest BCUT2D eigenvalue weighted by Crippen LogP contribution is -2.68. The van der Waals surface area contributed by atoms with E-state index < -0.39 is 14.4 Å². The first kappa shape index (κ1) is 28.6. The van der Waals surface area contributed by atoms with E-state index in [9.17, 15) is 9.90 Å². The van der Waals surface area contributed by atoms with Crippen molar-refractivity contribution in [3.05, 3.63) is 96.6 Å². The van der Waals surface area contributed by atoms with Crippen LogP contribution in [0.2, 0.25) is 5.04 Å². The minimum atomic E-state index is -2.81. The summed E-state index contributed by atoms with van der Waals surface area (Å²) >= 11 is 0. The second-order valence-corrected chi connectivity index (χ2v) is 14.9. The zero-order valence-electron chi connectivity index (χ0n) is 22.8. The number of aliphatic hydroxyl groups excluding tert-OH is 1. The quantitative estimate of drug-likeness (QED) is 0.347. The number of hydrogen-bond donors (Lipinski definition) is 1. The number of carbonyl (C=O) groups excluding carboxylic acids is 1. The van der Waals surface area contributed by atoms with Crippen LogP contribution in [0, 0.1) is 0 Å². The number of amides is 1. The molecule has 6 heteroatoms. The zero-order valence-corrected chi connectivity index (χ0v) is 23.8. The van der Waals surface area contributed by atoms with E-state index in [2.05, 4.69) is 45.0 Å². The third kappa shape index (κ3) is 7.10. The first-order chi connectivity index (χ1) is 17.7. The van der Waals surface area contributed by atoms with Crippen LogP contribution in [0.5, 0.6) is 0 Å². The van der Waals surface area contributed by atoms with Crippen LogP contribution >= 0.6 is 0 Å². The fourth-order valence-electron chi connectivity index (χ4n) is 4.73. The summed E-state index contributed by atoms with van der Waals surface area (Å²) in [4.78, 5) is 14.7. The minimum absolute atomic E-state index is 0.00490. The number of rotatable bonds is 11. The van der Waals surface area contributed by atoms with Crippen LogP contribution in [0.3, 0.4) is 0 Å². The Morgan fingerprint density at radius 1 is 0.865 bits per heavy atom. The summed E-state index contributed by atoms with van der Waals surface area (Å²) in [6.07, 6.45) is -0.425. The molecule has 1 amide bonds. The Hall–Kier alpha value is -2.93. The van der Waals surface area contributed by atoms with Gasteiger partial charge in [0, 0.05) is 19.0 Å². The molecular formula is C31H41NO4Si. The van der Waals surface area contributed by atoms with Crippen molar-refractivity contribution in [2.45, 2.75) is 64.8 Å². The maximum absolute atomic E-state index is 13.0. The molecule has 3 aromatic rings. The molecule has 1 atom stereocenters. The average Bonchev–Trinajstić information content (AvgIpc) is 2.90. The fraction of sp³-hybridized carbons (Fsp3) is 0.387. The van der Waals surface area contributed by atoms with Gasteiger partial charge in [-0.25, -0.2) is 4.79 Å². The van der Waals surface area contributed by atoms with Crippen molar-refractivity contribution in [2.75, 3.05) is 13.2 Å². The lowest BCUT2D eigenvalue weighted by molar-refractivity contribution is 0.0551. The van der Waals surface area contributed by atoms with E-state index in [-0.39, 0.29) is 30.4 Å².